The molecule has 172 valence electrons. The molecule has 0 N–H and O–H groups in total. The van der Waals surface area contributed by atoms with Crippen molar-refractivity contribution in [2.75, 3.05) is 11.4 Å². The summed E-state index contributed by atoms with van der Waals surface area (Å²) >= 11 is -2.30. The van der Waals surface area contributed by atoms with Gasteiger partial charge in [-0.25, -0.2) is 0 Å². The number of ether oxygens (including phenoxy) is 3. The van der Waals surface area contributed by atoms with Crippen LogP contribution in [0.25, 0.3) is 0 Å². The number of benzene rings is 1. The summed E-state index contributed by atoms with van der Waals surface area (Å²) < 4.78 is 23.5. The Morgan fingerprint density at radius 2 is 1.47 bits per heavy atom. The Labute approximate surface area is 190 Å². The summed E-state index contributed by atoms with van der Waals surface area (Å²) in [6.45, 7) is 13.9. The quantitative estimate of drug-likeness (QED) is 0.0809. The predicted molar refractivity (Wildman–Crippen MR) is 131 cm³/mol. The summed E-state index contributed by atoms with van der Waals surface area (Å²) in [7, 11) is 0. The van der Waals surface area contributed by atoms with Crippen molar-refractivity contribution < 1.29 is 14.2 Å². The summed E-state index contributed by atoms with van der Waals surface area (Å²) in [4.78, 5) is 0. The predicted octanol–water partition coefficient (Wildman–Crippen LogP) is 7.53. The van der Waals surface area contributed by atoms with Gasteiger partial charge in [0.25, 0.3) is 0 Å². The maximum absolute atomic E-state index is 6.52. The van der Waals surface area contributed by atoms with Gasteiger partial charge in [0.15, 0.2) is 0 Å². The third kappa shape index (κ3) is 11.3. The molecule has 1 aromatic rings. The number of hydrogen-bond acceptors (Lipinski definition) is 3. The molecule has 0 saturated heterocycles. The van der Waals surface area contributed by atoms with Crippen LogP contribution in [-0.2, 0) is 20.8 Å². The van der Waals surface area contributed by atoms with E-state index in [0.29, 0.717) is 6.61 Å². The second kappa shape index (κ2) is 17.2. The summed E-state index contributed by atoms with van der Waals surface area (Å²) in [5.74, 6) is 0. The van der Waals surface area contributed by atoms with Crippen LogP contribution in [0.5, 0.6) is 0 Å². The molecular formula is C26H46O3Sn. The third-order valence-electron chi connectivity index (χ3n) is 5.98. The van der Waals surface area contributed by atoms with Crippen molar-refractivity contribution in [3.05, 3.63) is 48.6 Å². The topological polar surface area (TPSA) is 27.7 Å². The monoisotopic (exact) mass is 526 g/mol. The van der Waals surface area contributed by atoms with Crippen molar-refractivity contribution in [2.24, 2.45) is 0 Å². The molecule has 4 heteroatoms. The van der Waals surface area contributed by atoms with Gasteiger partial charge in [-0.05, 0) is 0 Å². The van der Waals surface area contributed by atoms with Gasteiger partial charge in [-0.2, -0.15) is 0 Å². The van der Waals surface area contributed by atoms with E-state index in [2.05, 4.69) is 46.4 Å². The first-order valence-corrected chi connectivity index (χ1v) is 20.2. The Hall–Kier alpha value is -0.361. The van der Waals surface area contributed by atoms with Gasteiger partial charge in [-0.15, -0.1) is 0 Å². The number of hydrogen-bond donors (Lipinski definition) is 0. The van der Waals surface area contributed by atoms with Gasteiger partial charge < -0.3 is 0 Å². The van der Waals surface area contributed by atoms with Gasteiger partial charge in [-0.3, -0.25) is 0 Å². The van der Waals surface area contributed by atoms with Gasteiger partial charge in [0.2, 0.25) is 0 Å². The zero-order valence-electron chi connectivity index (χ0n) is 20.0. The van der Waals surface area contributed by atoms with Crippen LogP contribution < -0.4 is 0 Å². The van der Waals surface area contributed by atoms with E-state index in [1.165, 1.54) is 51.8 Å². The first kappa shape index (κ1) is 27.7. The molecule has 30 heavy (non-hydrogen) atoms. The number of unbranched alkanes of at least 4 members (excludes halogenated alkanes) is 3. The Morgan fingerprint density at radius 3 is 1.97 bits per heavy atom. The van der Waals surface area contributed by atoms with E-state index in [4.69, 9.17) is 14.2 Å². The summed E-state index contributed by atoms with van der Waals surface area (Å²) in [6.07, 6.45) is 9.77. The molecule has 0 bridgehead atoms. The molecular weight excluding hydrogens is 479 g/mol. The maximum atomic E-state index is 6.52. The van der Waals surface area contributed by atoms with Crippen molar-refractivity contribution in [2.45, 2.75) is 98.3 Å². The van der Waals surface area contributed by atoms with Crippen molar-refractivity contribution >= 4 is 18.4 Å². The fraction of sp³-hybridized carbons (Fsp3) is 0.692. The van der Waals surface area contributed by atoms with Gasteiger partial charge in [0.1, 0.15) is 0 Å². The fourth-order valence-corrected chi connectivity index (χ4v) is 18.3. The van der Waals surface area contributed by atoms with Crippen LogP contribution in [0.3, 0.4) is 0 Å². The minimum atomic E-state index is -2.30. The summed E-state index contributed by atoms with van der Waals surface area (Å²) in [5, 5.41) is 0. The SMILES string of the molecule is C=C[C@@H](O[CH2][Sn]([CH2]CCC)([CH2]CCC)[CH2]CCC)[C@H](C)OCOCc1ccccc1. The minimum absolute atomic E-state index is 0.0502. The van der Waals surface area contributed by atoms with E-state index in [9.17, 15) is 0 Å². The van der Waals surface area contributed by atoms with Crippen LogP contribution in [0.4, 0.5) is 0 Å². The first-order valence-electron chi connectivity index (χ1n) is 12.1. The summed E-state index contributed by atoms with van der Waals surface area (Å²) in [6, 6.07) is 10.2. The van der Waals surface area contributed by atoms with Gasteiger partial charge in [0, 0.05) is 0 Å². The van der Waals surface area contributed by atoms with E-state index in [1.807, 2.05) is 24.3 Å². The Bertz CT molecular complexity index is 513. The van der Waals surface area contributed by atoms with Crippen LogP contribution in [0.1, 0.15) is 71.8 Å². The molecule has 0 radical (unpaired) electrons. The molecule has 0 aliphatic heterocycles. The van der Waals surface area contributed by atoms with E-state index < -0.39 is 18.4 Å². The van der Waals surface area contributed by atoms with Crippen LogP contribution in [-0.4, -0.2) is 42.0 Å². The van der Waals surface area contributed by atoms with E-state index in [-0.39, 0.29) is 19.0 Å². The molecule has 0 aliphatic carbocycles. The van der Waals surface area contributed by atoms with Gasteiger partial charge >= 0.3 is 191 Å². The fourth-order valence-electron chi connectivity index (χ4n) is 3.90. The molecule has 0 saturated carbocycles. The molecule has 0 spiro atoms. The van der Waals surface area contributed by atoms with E-state index >= 15 is 0 Å². The zero-order valence-corrected chi connectivity index (χ0v) is 22.9. The third-order valence-corrected chi connectivity index (χ3v) is 20.3. The molecule has 2 atom stereocenters. The van der Waals surface area contributed by atoms with Crippen LogP contribution in [0.2, 0.25) is 13.3 Å². The van der Waals surface area contributed by atoms with Gasteiger partial charge in [-0.1, -0.05) is 0 Å². The Kier molecular flexibility index (Phi) is 15.9. The van der Waals surface area contributed by atoms with Crippen LogP contribution in [0, 0.1) is 0 Å². The molecule has 0 amide bonds. The number of rotatable bonds is 19. The zero-order chi connectivity index (χ0) is 22.1. The van der Waals surface area contributed by atoms with Crippen molar-refractivity contribution in [1.82, 2.24) is 0 Å². The Balaban J connectivity index is 2.55. The second-order valence-corrected chi connectivity index (χ2v) is 22.3. The molecule has 1 aromatic carbocycles. The van der Waals surface area contributed by atoms with Crippen molar-refractivity contribution in [3.63, 3.8) is 0 Å². The van der Waals surface area contributed by atoms with Crippen molar-refractivity contribution in [1.29, 1.82) is 0 Å². The van der Waals surface area contributed by atoms with Gasteiger partial charge in [0.05, 0.1) is 0 Å². The molecule has 0 aliphatic rings. The average Bonchev–Trinajstić information content (AvgIpc) is 2.78. The first-order chi connectivity index (χ1) is 14.6. The molecule has 0 unspecified atom stereocenters. The molecule has 1 rings (SSSR count). The van der Waals surface area contributed by atoms with Crippen LogP contribution in [0.15, 0.2) is 43.0 Å². The van der Waals surface area contributed by atoms with Crippen molar-refractivity contribution in [3.8, 4) is 0 Å². The molecule has 0 aromatic heterocycles. The molecule has 0 heterocycles. The Morgan fingerprint density at radius 1 is 0.900 bits per heavy atom. The standard InChI is InChI=1S/C14H19O3.3C4H9.Sn/c1-4-14(15-3)12(2)17-11-16-10-13-8-6-5-7-9-13;3*1-3-4-2;/h4-9,12,14H,1,3,10-11H2,2H3;3*1,3-4H2,2H3;/t12-,14+;;;;/m0..../s1. The second-order valence-electron chi connectivity index (χ2n) is 8.65. The van der Waals surface area contributed by atoms with Crippen LogP contribution >= 0.6 is 0 Å². The normalized spacial score (nSPS) is 13.9. The summed E-state index contributed by atoms with van der Waals surface area (Å²) in [5.41, 5.74) is 1.16. The average molecular weight is 525 g/mol. The molecule has 0 fully saturated rings. The van der Waals surface area contributed by atoms with E-state index in [0.717, 1.165) is 10.2 Å². The molecule has 3 nitrogen and oxygen atoms in total. The van der Waals surface area contributed by atoms with E-state index in [1.54, 1.807) is 0 Å².